The molecule has 0 aliphatic rings. The first-order chi connectivity index (χ1) is 8.43. The van der Waals surface area contributed by atoms with Crippen molar-refractivity contribution in [2.45, 2.75) is 6.61 Å². The summed E-state index contributed by atoms with van der Waals surface area (Å²) in [6.45, 7) is 2.77. The largest absolute Gasteiger partial charge is 0.377 e. The molecule has 0 atom stereocenters. The summed E-state index contributed by atoms with van der Waals surface area (Å²) in [5, 5.41) is 10.1. The molecule has 1 aromatic carbocycles. The second-order valence-corrected chi connectivity index (χ2v) is 3.47. The lowest BCUT2D eigenvalue weighted by Crippen LogP contribution is -2.10. The Morgan fingerprint density at radius 3 is 2.00 bits per heavy atom. The fourth-order valence-corrected chi connectivity index (χ4v) is 1.26. The third-order valence-corrected chi connectivity index (χ3v) is 2.08. The molecule has 0 amide bonds. The van der Waals surface area contributed by atoms with E-state index in [1.165, 1.54) is 0 Å². The van der Waals surface area contributed by atoms with Crippen LogP contribution >= 0.6 is 0 Å². The maximum atomic E-state index is 10.1. The fourth-order valence-electron chi connectivity index (χ4n) is 1.26. The minimum absolute atomic E-state index is 0.194. The highest BCUT2D eigenvalue weighted by atomic mass is 16.5. The van der Waals surface area contributed by atoms with E-state index in [2.05, 4.69) is 0 Å². The molecule has 0 aromatic heterocycles. The van der Waals surface area contributed by atoms with Crippen LogP contribution in [0.15, 0.2) is 30.3 Å². The van der Waals surface area contributed by atoms with Gasteiger partial charge in [0.2, 0.25) is 0 Å². The van der Waals surface area contributed by atoms with Crippen LogP contribution in [-0.2, 0) is 25.9 Å². The summed E-state index contributed by atoms with van der Waals surface area (Å²) in [7, 11) is 0. The van der Waals surface area contributed by atoms with Crippen LogP contribution in [0.4, 0.5) is 0 Å². The molecule has 1 radical (unpaired) electrons. The minimum Gasteiger partial charge on any atom is -0.377 e. The van der Waals surface area contributed by atoms with Crippen molar-refractivity contribution < 1.29 is 19.3 Å². The zero-order chi connectivity index (χ0) is 12.2. The molecule has 0 saturated carbocycles. The fraction of sp³-hybridized carbons (Fsp3) is 0.538. The number of ether oxygens (including phenoxy) is 3. The Kier molecular flexibility index (Phi) is 8.50. The van der Waals surface area contributed by atoms with Crippen LogP contribution in [0.1, 0.15) is 5.56 Å². The van der Waals surface area contributed by atoms with Crippen LogP contribution in [0.5, 0.6) is 0 Å². The SMILES string of the molecule is [O]CCOCCOCCOCc1ccccc1. The van der Waals surface area contributed by atoms with Crippen LogP contribution < -0.4 is 0 Å². The van der Waals surface area contributed by atoms with Gasteiger partial charge in [-0.1, -0.05) is 30.3 Å². The smallest absolute Gasteiger partial charge is 0.106 e. The van der Waals surface area contributed by atoms with Crippen molar-refractivity contribution in [1.82, 2.24) is 0 Å². The van der Waals surface area contributed by atoms with E-state index in [9.17, 15) is 5.11 Å². The second kappa shape index (κ2) is 10.2. The molecule has 0 aliphatic carbocycles. The van der Waals surface area contributed by atoms with Crippen molar-refractivity contribution in [3.8, 4) is 0 Å². The Morgan fingerprint density at radius 2 is 1.35 bits per heavy atom. The molecule has 95 valence electrons. The molecule has 1 aromatic rings. The van der Waals surface area contributed by atoms with Crippen molar-refractivity contribution in [3.63, 3.8) is 0 Å². The normalized spacial score (nSPS) is 10.6. The first-order valence-electron chi connectivity index (χ1n) is 5.78. The molecular formula is C13H19O4. The quantitative estimate of drug-likeness (QED) is 0.583. The average molecular weight is 239 g/mol. The summed E-state index contributed by atoms with van der Waals surface area (Å²) in [5.41, 5.74) is 1.16. The molecule has 0 aliphatic heterocycles. The molecule has 0 spiro atoms. The third-order valence-electron chi connectivity index (χ3n) is 2.08. The summed E-state index contributed by atoms with van der Waals surface area (Å²) in [4.78, 5) is 0. The summed E-state index contributed by atoms with van der Waals surface area (Å²) >= 11 is 0. The number of hydrogen-bond donors (Lipinski definition) is 0. The van der Waals surface area contributed by atoms with E-state index in [1.807, 2.05) is 30.3 Å². The van der Waals surface area contributed by atoms with Gasteiger partial charge >= 0.3 is 0 Å². The van der Waals surface area contributed by atoms with Gasteiger partial charge in [-0.25, -0.2) is 5.11 Å². The molecular weight excluding hydrogens is 220 g/mol. The number of benzene rings is 1. The van der Waals surface area contributed by atoms with E-state index in [4.69, 9.17) is 14.2 Å². The van der Waals surface area contributed by atoms with Gasteiger partial charge in [-0.2, -0.15) is 0 Å². The summed E-state index contributed by atoms with van der Waals surface area (Å²) in [5.74, 6) is 0. The predicted octanol–water partition coefficient (Wildman–Crippen LogP) is 1.67. The topological polar surface area (TPSA) is 47.6 Å². The third kappa shape index (κ3) is 7.88. The van der Waals surface area contributed by atoms with Crippen LogP contribution in [0.2, 0.25) is 0 Å². The lowest BCUT2D eigenvalue weighted by molar-refractivity contribution is -0.00112. The van der Waals surface area contributed by atoms with E-state index >= 15 is 0 Å². The van der Waals surface area contributed by atoms with Gasteiger partial charge in [0, 0.05) is 0 Å². The first kappa shape index (κ1) is 14.1. The van der Waals surface area contributed by atoms with Crippen LogP contribution in [0, 0.1) is 0 Å². The van der Waals surface area contributed by atoms with Gasteiger partial charge in [0.05, 0.1) is 39.6 Å². The van der Waals surface area contributed by atoms with Crippen LogP contribution in [0.25, 0.3) is 0 Å². The Labute approximate surface area is 102 Å². The standard InChI is InChI=1S/C13H19O4/c14-6-7-15-8-9-16-10-11-17-12-13-4-2-1-3-5-13/h1-5H,6-12H2. The highest BCUT2D eigenvalue weighted by Crippen LogP contribution is 1.99. The van der Waals surface area contributed by atoms with E-state index in [-0.39, 0.29) is 13.2 Å². The predicted molar refractivity (Wildman–Crippen MR) is 63.3 cm³/mol. The summed E-state index contributed by atoms with van der Waals surface area (Å²) in [6.07, 6.45) is 0. The molecule has 0 bridgehead atoms. The Bertz CT molecular complexity index is 263. The van der Waals surface area contributed by atoms with E-state index < -0.39 is 0 Å². The van der Waals surface area contributed by atoms with E-state index in [1.54, 1.807) is 0 Å². The highest BCUT2D eigenvalue weighted by molar-refractivity contribution is 5.13. The van der Waals surface area contributed by atoms with Crippen molar-refractivity contribution in [3.05, 3.63) is 35.9 Å². The lowest BCUT2D eigenvalue weighted by Gasteiger charge is -2.06. The first-order valence-corrected chi connectivity index (χ1v) is 5.78. The molecule has 0 unspecified atom stereocenters. The summed E-state index contributed by atoms with van der Waals surface area (Å²) < 4.78 is 15.7. The zero-order valence-corrected chi connectivity index (χ0v) is 9.97. The van der Waals surface area contributed by atoms with Gasteiger partial charge in [-0.3, -0.25) is 0 Å². The van der Waals surface area contributed by atoms with Crippen molar-refractivity contribution in [1.29, 1.82) is 0 Å². The molecule has 4 heteroatoms. The Balaban J connectivity index is 1.85. The van der Waals surface area contributed by atoms with E-state index in [0.29, 0.717) is 33.0 Å². The van der Waals surface area contributed by atoms with Gasteiger partial charge < -0.3 is 14.2 Å². The summed E-state index contributed by atoms with van der Waals surface area (Å²) in [6, 6.07) is 10.0. The van der Waals surface area contributed by atoms with Gasteiger partial charge in [-0.05, 0) is 5.56 Å². The number of hydrogen-bond acceptors (Lipinski definition) is 3. The number of rotatable bonds is 10. The maximum absolute atomic E-state index is 10.1. The van der Waals surface area contributed by atoms with Gasteiger partial charge in [-0.15, -0.1) is 0 Å². The van der Waals surface area contributed by atoms with Crippen molar-refractivity contribution >= 4 is 0 Å². The van der Waals surface area contributed by atoms with Gasteiger partial charge in [0.25, 0.3) is 0 Å². The van der Waals surface area contributed by atoms with Crippen LogP contribution in [-0.4, -0.2) is 39.6 Å². The highest BCUT2D eigenvalue weighted by Gasteiger charge is 1.93. The molecule has 0 N–H and O–H groups in total. The second-order valence-electron chi connectivity index (χ2n) is 3.47. The van der Waals surface area contributed by atoms with Gasteiger partial charge in [0.1, 0.15) is 6.61 Å². The Morgan fingerprint density at radius 1 is 0.765 bits per heavy atom. The molecule has 0 saturated heterocycles. The molecule has 0 heterocycles. The van der Waals surface area contributed by atoms with Crippen molar-refractivity contribution in [2.24, 2.45) is 0 Å². The zero-order valence-electron chi connectivity index (χ0n) is 9.97. The van der Waals surface area contributed by atoms with Crippen molar-refractivity contribution in [2.75, 3.05) is 39.6 Å². The monoisotopic (exact) mass is 239 g/mol. The van der Waals surface area contributed by atoms with E-state index in [0.717, 1.165) is 5.56 Å². The van der Waals surface area contributed by atoms with Gasteiger partial charge in [0.15, 0.2) is 0 Å². The van der Waals surface area contributed by atoms with Crippen LogP contribution in [0.3, 0.4) is 0 Å². The maximum Gasteiger partial charge on any atom is 0.106 e. The Hall–Kier alpha value is -0.940. The minimum atomic E-state index is -0.194. The molecule has 17 heavy (non-hydrogen) atoms. The molecule has 0 fully saturated rings. The average Bonchev–Trinajstić information content (AvgIpc) is 2.38. The molecule has 1 rings (SSSR count). The molecule has 4 nitrogen and oxygen atoms in total. The lowest BCUT2D eigenvalue weighted by atomic mass is 10.2.